The average Bonchev–Trinajstić information content (AvgIpc) is 3.19. The largest absolute Gasteiger partial charge is 0.573 e. The number of carbonyl (C=O) groups excluding carboxylic acids is 1. The number of sulfonamides is 1. The molecule has 13 heteroatoms. The first-order valence-electron chi connectivity index (χ1n) is 11.2. The minimum absolute atomic E-state index is 0.00838. The molecule has 3 aromatic rings. The van der Waals surface area contributed by atoms with Crippen molar-refractivity contribution in [2.45, 2.75) is 42.5 Å². The number of nitrogens with zero attached hydrogens (tertiary/aromatic N) is 2. The molecule has 4 rings (SSSR count). The molecule has 1 aliphatic rings. The fourth-order valence-corrected chi connectivity index (χ4v) is 5.75. The van der Waals surface area contributed by atoms with Gasteiger partial charge in [0, 0.05) is 24.7 Å². The molecule has 2 aromatic carbocycles. The van der Waals surface area contributed by atoms with Crippen molar-refractivity contribution in [3.8, 4) is 16.9 Å². The van der Waals surface area contributed by atoms with Gasteiger partial charge in [0.05, 0.1) is 17.5 Å². The van der Waals surface area contributed by atoms with Crippen LogP contribution in [0.5, 0.6) is 5.75 Å². The van der Waals surface area contributed by atoms with Gasteiger partial charge >= 0.3 is 6.36 Å². The Hall–Kier alpha value is -3.45. The van der Waals surface area contributed by atoms with Crippen molar-refractivity contribution in [2.24, 2.45) is 0 Å². The predicted octanol–water partition coefficient (Wildman–Crippen LogP) is 5.39. The van der Waals surface area contributed by atoms with Gasteiger partial charge < -0.3 is 4.74 Å². The van der Waals surface area contributed by atoms with Gasteiger partial charge in [-0.2, -0.15) is 4.31 Å². The maximum absolute atomic E-state index is 14.2. The number of aromatic nitrogens is 1. The summed E-state index contributed by atoms with van der Waals surface area (Å²) in [5.41, 5.74) is 1.51. The van der Waals surface area contributed by atoms with E-state index in [9.17, 15) is 39.6 Å². The first kappa shape index (κ1) is 27.6. The van der Waals surface area contributed by atoms with Gasteiger partial charge in [-0.05, 0) is 66.1 Å². The van der Waals surface area contributed by atoms with Gasteiger partial charge in [-0.3, -0.25) is 9.78 Å². The number of halogens is 6. The number of ketones is 1. The maximum Gasteiger partial charge on any atom is 0.573 e. The summed E-state index contributed by atoms with van der Waals surface area (Å²) in [6.45, 7) is -1.18. The van der Waals surface area contributed by atoms with Crippen LogP contribution in [0.4, 0.5) is 26.3 Å². The normalized spacial score (nSPS) is 17.9. The van der Waals surface area contributed by atoms with Crippen LogP contribution in [0.3, 0.4) is 0 Å². The SMILES string of the molecule is O=C(CCc1cc(-c2ccc(OC(F)(F)F)cc2)ccn1)[C@@H]1CC(F)(F)CN1S(=O)(=O)c1ccc(F)cc1. The van der Waals surface area contributed by atoms with E-state index in [-0.39, 0.29) is 12.8 Å². The highest BCUT2D eigenvalue weighted by Crippen LogP contribution is 2.37. The second-order valence-corrected chi connectivity index (χ2v) is 10.5. The summed E-state index contributed by atoms with van der Waals surface area (Å²) >= 11 is 0. The smallest absolute Gasteiger partial charge is 0.406 e. The summed E-state index contributed by atoms with van der Waals surface area (Å²) in [6.07, 6.45) is -4.66. The Labute approximate surface area is 213 Å². The first-order chi connectivity index (χ1) is 17.7. The lowest BCUT2D eigenvalue weighted by molar-refractivity contribution is -0.274. The Morgan fingerprint density at radius 2 is 1.68 bits per heavy atom. The van der Waals surface area contributed by atoms with E-state index in [1.807, 2.05) is 0 Å². The van der Waals surface area contributed by atoms with E-state index in [0.717, 1.165) is 36.4 Å². The summed E-state index contributed by atoms with van der Waals surface area (Å²) in [5, 5.41) is 0. The molecule has 2 heterocycles. The van der Waals surface area contributed by atoms with Crippen LogP contribution in [0.15, 0.2) is 71.8 Å². The number of hydrogen-bond acceptors (Lipinski definition) is 5. The van der Waals surface area contributed by atoms with E-state index in [1.54, 1.807) is 12.1 Å². The lowest BCUT2D eigenvalue weighted by Gasteiger charge is -2.22. The molecular formula is C25H20F6N2O4S. The Kier molecular flexibility index (Phi) is 7.53. The van der Waals surface area contributed by atoms with Crippen LogP contribution in [0, 0.1) is 5.82 Å². The van der Waals surface area contributed by atoms with Gasteiger partial charge in [0.25, 0.3) is 5.92 Å². The average molecular weight is 559 g/mol. The molecule has 38 heavy (non-hydrogen) atoms. The Balaban J connectivity index is 1.47. The molecule has 0 unspecified atom stereocenters. The van der Waals surface area contributed by atoms with Crippen LogP contribution in [0.25, 0.3) is 11.1 Å². The molecule has 1 fully saturated rings. The van der Waals surface area contributed by atoms with Crippen molar-refractivity contribution in [2.75, 3.05) is 6.54 Å². The Morgan fingerprint density at radius 3 is 2.32 bits per heavy atom. The third-order valence-corrected chi connectivity index (χ3v) is 7.75. The lowest BCUT2D eigenvalue weighted by Crippen LogP contribution is -2.40. The number of hydrogen-bond donors (Lipinski definition) is 0. The third kappa shape index (κ3) is 6.51. The predicted molar refractivity (Wildman–Crippen MR) is 123 cm³/mol. The van der Waals surface area contributed by atoms with Crippen LogP contribution in [0.1, 0.15) is 18.5 Å². The second-order valence-electron chi connectivity index (χ2n) is 8.65. The van der Waals surface area contributed by atoms with Gasteiger partial charge in [-0.15, -0.1) is 13.2 Å². The molecule has 0 bridgehead atoms. The molecule has 0 radical (unpaired) electrons. The fourth-order valence-electron chi connectivity index (χ4n) is 4.12. The number of ether oxygens (including phenoxy) is 1. The first-order valence-corrected chi connectivity index (χ1v) is 12.7. The van der Waals surface area contributed by atoms with Gasteiger partial charge in [0.15, 0.2) is 5.78 Å². The third-order valence-electron chi connectivity index (χ3n) is 5.88. The van der Waals surface area contributed by atoms with Crippen LogP contribution in [-0.4, -0.2) is 48.4 Å². The number of carbonyl (C=O) groups is 1. The van der Waals surface area contributed by atoms with Crippen molar-refractivity contribution in [1.82, 2.24) is 9.29 Å². The highest BCUT2D eigenvalue weighted by atomic mass is 32.2. The zero-order valence-electron chi connectivity index (χ0n) is 19.5. The van der Waals surface area contributed by atoms with Crippen LogP contribution in [0.2, 0.25) is 0 Å². The van der Waals surface area contributed by atoms with Crippen LogP contribution in [-0.2, 0) is 21.2 Å². The number of Topliss-reactive ketones (excluding diaryl/α,β-unsaturated/α-hetero) is 1. The summed E-state index contributed by atoms with van der Waals surface area (Å²) in [4.78, 5) is 16.7. The van der Waals surface area contributed by atoms with E-state index in [0.29, 0.717) is 21.1 Å². The highest BCUT2D eigenvalue weighted by Gasteiger charge is 2.52. The van der Waals surface area contributed by atoms with Gasteiger partial charge in [-0.25, -0.2) is 21.6 Å². The summed E-state index contributed by atoms with van der Waals surface area (Å²) in [5.74, 6) is -5.25. The van der Waals surface area contributed by atoms with Gasteiger partial charge in [0.1, 0.15) is 11.6 Å². The number of alkyl halides is 5. The van der Waals surface area contributed by atoms with E-state index in [4.69, 9.17) is 0 Å². The number of benzene rings is 2. The Bertz CT molecular complexity index is 1410. The fraction of sp³-hybridized carbons (Fsp3) is 0.280. The zero-order chi connectivity index (χ0) is 27.7. The zero-order valence-corrected chi connectivity index (χ0v) is 20.3. The molecule has 0 aliphatic carbocycles. The molecule has 0 amide bonds. The molecule has 0 N–H and O–H groups in total. The highest BCUT2D eigenvalue weighted by molar-refractivity contribution is 7.89. The number of aryl methyl sites for hydroxylation is 1. The number of pyridine rings is 1. The van der Waals surface area contributed by atoms with Gasteiger partial charge in [-0.1, -0.05) is 12.1 Å². The van der Waals surface area contributed by atoms with Crippen molar-refractivity contribution in [3.05, 3.63) is 78.4 Å². The van der Waals surface area contributed by atoms with Crippen molar-refractivity contribution < 1.29 is 44.3 Å². The van der Waals surface area contributed by atoms with Crippen molar-refractivity contribution >= 4 is 15.8 Å². The minimum atomic E-state index is -4.82. The van der Waals surface area contributed by atoms with Crippen molar-refractivity contribution in [3.63, 3.8) is 0 Å². The standard InChI is InChI=1S/C25H20F6N2O4S/c26-18-3-8-21(9-4-18)38(35,36)33-15-24(27,28)14-22(33)23(34)10-5-19-13-17(11-12-32-19)16-1-6-20(7-2-16)37-25(29,30)31/h1-4,6-9,11-13,22H,5,10,14-15H2/t22-/m0/s1. The molecular weight excluding hydrogens is 538 g/mol. The molecule has 1 aromatic heterocycles. The second kappa shape index (κ2) is 10.4. The van der Waals surface area contributed by atoms with E-state index >= 15 is 0 Å². The molecule has 1 atom stereocenters. The molecule has 1 saturated heterocycles. The van der Waals surface area contributed by atoms with E-state index in [2.05, 4.69) is 9.72 Å². The molecule has 1 aliphatic heterocycles. The molecule has 6 nitrogen and oxygen atoms in total. The molecule has 0 spiro atoms. The molecule has 0 saturated carbocycles. The number of rotatable bonds is 8. The van der Waals surface area contributed by atoms with E-state index < -0.39 is 63.6 Å². The van der Waals surface area contributed by atoms with Crippen LogP contribution < -0.4 is 4.74 Å². The Morgan fingerprint density at radius 1 is 1.03 bits per heavy atom. The maximum atomic E-state index is 14.2. The monoisotopic (exact) mass is 558 g/mol. The van der Waals surface area contributed by atoms with Crippen molar-refractivity contribution in [1.29, 1.82) is 0 Å². The van der Waals surface area contributed by atoms with Gasteiger partial charge in [0.2, 0.25) is 10.0 Å². The topological polar surface area (TPSA) is 76.6 Å². The lowest BCUT2D eigenvalue weighted by atomic mass is 10.0. The summed E-state index contributed by atoms with van der Waals surface area (Å²) in [6, 6.07) is 10.3. The van der Waals surface area contributed by atoms with E-state index in [1.165, 1.54) is 18.3 Å². The quantitative estimate of drug-likeness (QED) is 0.347. The summed E-state index contributed by atoms with van der Waals surface area (Å²) < 4.78 is 109. The minimum Gasteiger partial charge on any atom is -0.406 e. The summed E-state index contributed by atoms with van der Waals surface area (Å²) in [7, 11) is -4.49. The molecule has 202 valence electrons. The van der Waals surface area contributed by atoms with Crippen LogP contribution >= 0.6 is 0 Å².